The highest BCUT2D eigenvalue weighted by molar-refractivity contribution is 5.83. The van der Waals surface area contributed by atoms with Gasteiger partial charge in [0.15, 0.2) is 0 Å². The molecule has 2 aliphatic carbocycles. The van der Waals surface area contributed by atoms with Crippen molar-refractivity contribution in [1.29, 1.82) is 0 Å². The van der Waals surface area contributed by atoms with E-state index in [2.05, 4.69) is 12.2 Å². The smallest absolute Gasteiger partial charge is 0.227 e. The van der Waals surface area contributed by atoms with Crippen LogP contribution in [0.2, 0.25) is 0 Å². The van der Waals surface area contributed by atoms with Crippen LogP contribution >= 0.6 is 0 Å². The lowest BCUT2D eigenvalue weighted by atomic mass is 9.68. The zero-order chi connectivity index (χ0) is 10.9. The molecule has 0 atom stereocenters. The molecule has 3 heteroatoms. The van der Waals surface area contributed by atoms with E-state index in [-0.39, 0.29) is 11.3 Å². The molecule has 0 saturated heterocycles. The molecule has 2 rings (SSSR count). The number of carbonyl (C=O) groups is 1. The van der Waals surface area contributed by atoms with E-state index in [0.717, 1.165) is 25.8 Å². The van der Waals surface area contributed by atoms with Gasteiger partial charge in [-0.3, -0.25) is 4.79 Å². The van der Waals surface area contributed by atoms with E-state index in [1.165, 1.54) is 19.3 Å². The summed E-state index contributed by atoms with van der Waals surface area (Å²) >= 11 is 0. The van der Waals surface area contributed by atoms with Crippen molar-refractivity contribution < 1.29 is 4.79 Å². The first-order valence-corrected chi connectivity index (χ1v) is 6.15. The van der Waals surface area contributed by atoms with Crippen LogP contribution in [0.1, 0.15) is 45.4 Å². The number of hydrogen-bond acceptors (Lipinski definition) is 2. The highest BCUT2D eigenvalue weighted by Crippen LogP contribution is 2.48. The molecule has 3 N–H and O–H groups in total. The predicted octanol–water partition coefficient (Wildman–Crippen LogP) is 1.42. The molecule has 0 aromatic carbocycles. The highest BCUT2D eigenvalue weighted by Gasteiger charge is 2.45. The highest BCUT2D eigenvalue weighted by atomic mass is 16.2. The van der Waals surface area contributed by atoms with Gasteiger partial charge in [-0.05, 0) is 37.5 Å². The molecule has 0 unspecified atom stereocenters. The zero-order valence-corrected chi connectivity index (χ0v) is 9.64. The van der Waals surface area contributed by atoms with Crippen LogP contribution in [-0.4, -0.2) is 19.0 Å². The fraction of sp³-hybridized carbons (Fsp3) is 0.917. The first-order chi connectivity index (χ1) is 7.16. The Morgan fingerprint density at radius 2 is 2.00 bits per heavy atom. The van der Waals surface area contributed by atoms with Gasteiger partial charge in [0.1, 0.15) is 0 Å². The van der Waals surface area contributed by atoms with Crippen molar-refractivity contribution in [3.05, 3.63) is 0 Å². The molecule has 15 heavy (non-hydrogen) atoms. The largest absolute Gasteiger partial charge is 0.355 e. The van der Waals surface area contributed by atoms with Gasteiger partial charge in [-0.15, -0.1) is 0 Å². The van der Waals surface area contributed by atoms with Crippen molar-refractivity contribution in [3.8, 4) is 0 Å². The third kappa shape index (κ3) is 1.89. The Kier molecular flexibility index (Phi) is 2.75. The Hall–Kier alpha value is -0.570. The van der Waals surface area contributed by atoms with Gasteiger partial charge >= 0.3 is 0 Å². The molecule has 0 aromatic heterocycles. The summed E-state index contributed by atoms with van der Waals surface area (Å²) in [5.74, 6) is 0.205. The second kappa shape index (κ2) is 3.78. The molecular formula is C12H22N2O. The number of hydrogen-bond donors (Lipinski definition) is 2. The lowest BCUT2D eigenvalue weighted by Crippen LogP contribution is -2.51. The van der Waals surface area contributed by atoms with Crippen LogP contribution in [0.4, 0.5) is 0 Å². The SMILES string of the molecule is CCC1(CNC(=O)C2(CN)CCC2)CC1. The quantitative estimate of drug-likeness (QED) is 0.721. The van der Waals surface area contributed by atoms with Gasteiger partial charge < -0.3 is 11.1 Å². The van der Waals surface area contributed by atoms with Crippen LogP contribution in [0.5, 0.6) is 0 Å². The maximum atomic E-state index is 12.0. The molecule has 3 nitrogen and oxygen atoms in total. The Morgan fingerprint density at radius 1 is 1.33 bits per heavy atom. The van der Waals surface area contributed by atoms with E-state index < -0.39 is 0 Å². The molecule has 2 saturated carbocycles. The van der Waals surface area contributed by atoms with Crippen LogP contribution in [0.3, 0.4) is 0 Å². The fourth-order valence-electron chi connectivity index (χ4n) is 2.41. The molecule has 2 aliphatic rings. The zero-order valence-electron chi connectivity index (χ0n) is 9.64. The summed E-state index contributed by atoms with van der Waals surface area (Å²) in [6.07, 6.45) is 6.86. The molecule has 0 aliphatic heterocycles. The molecule has 0 heterocycles. The number of nitrogens with one attached hydrogen (secondary N) is 1. The molecule has 0 spiro atoms. The normalized spacial score (nSPS) is 25.5. The third-order valence-electron chi connectivity index (χ3n) is 4.51. The number of carbonyl (C=O) groups excluding carboxylic acids is 1. The van der Waals surface area contributed by atoms with Crippen LogP contribution in [0.25, 0.3) is 0 Å². The first-order valence-electron chi connectivity index (χ1n) is 6.15. The summed E-state index contributed by atoms with van der Waals surface area (Å²) in [6, 6.07) is 0. The molecule has 0 aromatic rings. The average Bonchev–Trinajstić information content (AvgIpc) is 2.95. The topological polar surface area (TPSA) is 55.1 Å². The second-order valence-corrected chi connectivity index (χ2v) is 5.37. The van der Waals surface area contributed by atoms with E-state index in [1.54, 1.807) is 0 Å². The Bertz CT molecular complexity index is 249. The molecule has 0 bridgehead atoms. The monoisotopic (exact) mass is 210 g/mol. The minimum absolute atomic E-state index is 0.205. The lowest BCUT2D eigenvalue weighted by molar-refractivity contribution is -0.135. The molecular weight excluding hydrogens is 188 g/mol. The molecule has 1 amide bonds. The van der Waals surface area contributed by atoms with Crippen LogP contribution in [0.15, 0.2) is 0 Å². The maximum absolute atomic E-state index is 12.0. The predicted molar refractivity (Wildman–Crippen MR) is 60.3 cm³/mol. The Balaban J connectivity index is 1.82. The number of rotatable bonds is 5. The lowest BCUT2D eigenvalue weighted by Gasteiger charge is -2.39. The summed E-state index contributed by atoms with van der Waals surface area (Å²) in [7, 11) is 0. The summed E-state index contributed by atoms with van der Waals surface area (Å²) in [6.45, 7) is 3.59. The summed E-state index contributed by atoms with van der Waals surface area (Å²) in [5.41, 5.74) is 5.93. The summed E-state index contributed by atoms with van der Waals surface area (Å²) in [4.78, 5) is 12.0. The van der Waals surface area contributed by atoms with Crippen LogP contribution in [-0.2, 0) is 4.79 Å². The van der Waals surface area contributed by atoms with Crippen molar-refractivity contribution in [2.24, 2.45) is 16.6 Å². The van der Waals surface area contributed by atoms with Crippen molar-refractivity contribution in [3.63, 3.8) is 0 Å². The third-order valence-corrected chi connectivity index (χ3v) is 4.51. The van der Waals surface area contributed by atoms with Gasteiger partial charge in [-0.1, -0.05) is 13.3 Å². The summed E-state index contributed by atoms with van der Waals surface area (Å²) < 4.78 is 0. The molecule has 86 valence electrons. The standard InChI is InChI=1S/C12H22N2O/c1-2-11(6-7-11)9-14-10(15)12(8-13)4-3-5-12/h2-9,13H2,1H3,(H,14,15). The summed E-state index contributed by atoms with van der Waals surface area (Å²) in [5, 5.41) is 3.11. The van der Waals surface area contributed by atoms with Gasteiger partial charge in [0.05, 0.1) is 5.41 Å². The number of nitrogens with two attached hydrogens (primary N) is 1. The van der Waals surface area contributed by atoms with E-state index in [4.69, 9.17) is 5.73 Å². The Labute approximate surface area is 91.8 Å². The molecule has 2 fully saturated rings. The minimum Gasteiger partial charge on any atom is -0.355 e. The van der Waals surface area contributed by atoms with Gasteiger partial charge in [-0.2, -0.15) is 0 Å². The first kappa shape index (κ1) is 10.9. The maximum Gasteiger partial charge on any atom is 0.227 e. The second-order valence-electron chi connectivity index (χ2n) is 5.37. The van der Waals surface area contributed by atoms with Crippen molar-refractivity contribution in [2.75, 3.05) is 13.1 Å². The van der Waals surface area contributed by atoms with Gasteiger partial charge in [0.25, 0.3) is 0 Å². The number of amides is 1. The van der Waals surface area contributed by atoms with Crippen LogP contribution < -0.4 is 11.1 Å². The van der Waals surface area contributed by atoms with Gasteiger partial charge in [0.2, 0.25) is 5.91 Å². The van der Waals surface area contributed by atoms with E-state index in [9.17, 15) is 4.79 Å². The molecule has 0 radical (unpaired) electrons. The minimum atomic E-state index is -0.205. The Morgan fingerprint density at radius 3 is 2.33 bits per heavy atom. The van der Waals surface area contributed by atoms with Crippen molar-refractivity contribution >= 4 is 5.91 Å². The fourth-order valence-corrected chi connectivity index (χ4v) is 2.41. The van der Waals surface area contributed by atoms with E-state index in [0.29, 0.717) is 12.0 Å². The van der Waals surface area contributed by atoms with E-state index >= 15 is 0 Å². The van der Waals surface area contributed by atoms with Crippen molar-refractivity contribution in [1.82, 2.24) is 5.32 Å². The van der Waals surface area contributed by atoms with Gasteiger partial charge in [-0.25, -0.2) is 0 Å². The average molecular weight is 210 g/mol. The van der Waals surface area contributed by atoms with Gasteiger partial charge in [0, 0.05) is 13.1 Å². The van der Waals surface area contributed by atoms with Crippen molar-refractivity contribution in [2.45, 2.75) is 45.4 Å². The van der Waals surface area contributed by atoms with Crippen LogP contribution in [0, 0.1) is 10.8 Å². The van der Waals surface area contributed by atoms with E-state index in [1.807, 2.05) is 0 Å².